The fourth-order valence-corrected chi connectivity index (χ4v) is 2.15. The maximum atomic E-state index is 4.23. The predicted octanol–water partition coefficient (Wildman–Crippen LogP) is 1.30. The van der Waals surface area contributed by atoms with E-state index in [2.05, 4.69) is 20.7 Å². The Morgan fingerprint density at radius 2 is 2.73 bits per heavy atom. The Morgan fingerprint density at radius 1 is 1.73 bits per heavy atom. The second kappa shape index (κ2) is 1.82. The molecule has 0 spiro atoms. The lowest BCUT2D eigenvalue weighted by Crippen LogP contribution is -2.19. The number of hydrogen-bond acceptors (Lipinski definition) is 4. The molecule has 1 fully saturated rings. The summed E-state index contributed by atoms with van der Waals surface area (Å²) in [6, 6.07) is 4.07. The van der Waals surface area contributed by atoms with Crippen molar-refractivity contribution in [3.05, 3.63) is 18.3 Å². The number of nitrogens with zero attached hydrogens (tertiary/aromatic N) is 2. The molecule has 3 nitrogen and oxygen atoms in total. The number of nitrogens with one attached hydrogen (secondary N) is 1. The number of hydrogen-bond donors (Lipinski definition) is 1. The van der Waals surface area contributed by atoms with E-state index in [-0.39, 0.29) is 0 Å². The summed E-state index contributed by atoms with van der Waals surface area (Å²) in [7, 11) is 0. The van der Waals surface area contributed by atoms with Crippen LogP contribution in [0.4, 0.5) is 11.5 Å². The van der Waals surface area contributed by atoms with E-state index in [0.29, 0.717) is 5.37 Å². The Balaban J connectivity index is 2.14. The minimum absolute atomic E-state index is 0.659. The van der Waals surface area contributed by atoms with E-state index in [4.69, 9.17) is 0 Å². The van der Waals surface area contributed by atoms with E-state index in [1.165, 1.54) is 5.69 Å². The number of aromatic nitrogens is 1. The summed E-state index contributed by atoms with van der Waals surface area (Å²) in [5, 5.41) is 3.94. The Morgan fingerprint density at radius 3 is 3.73 bits per heavy atom. The molecule has 0 saturated carbocycles. The Bertz CT molecular complexity index is 301. The number of anilines is 2. The lowest BCUT2D eigenvalue weighted by atomic mass is 10.3. The van der Waals surface area contributed by atoms with Crippen molar-refractivity contribution in [1.29, 1.82) is 0 Å². The zero-order valence-corrected chi connectivity index (χ0v) is 6.64. The van der Waals surface area contributed by atoms with E-state index in [0.717, 1.165) is 12.4 Å². The van der Waals surface area contributed by atoms with Gasteiger partial charge in [-0.3, -0.25) is 4.31 Å². The van der Waals surface area contributed by atoms with Crippen LogP contribution < -0.4 is 9.62 Å². The molecule has 0 aromatic carbocycles. The first-order valence-corrected chi connectivity index (χ1v) is 4.44. The minimum atomic E-state index is 0.659. The van der Waals surface area contributed by atoms with E-state index in [1.54, 1.807) is 0 Å². The van der Waals surface area contributed by atoms with Gasteiger partial charge in [-0.15, -0.1) is 0 Å². The molecule has 3 rings (SSSR count). The van der Waals surface area contributed by atoms with Crippen molar-refractivity contribution in [3.63, 3.8) is 0 Å². The normalized spacial score (nSPS) is 25.1. The van der Waals surface area contributed by atoms with Crippen molar-refractivity contribution in [2.24, 2.45) is 0 Å². The molecule has 56 valence electrons. The average molecular weight is 165 g/mol. The van der Waals surface area contributed by atoms with Gasteiger partial charge in [-0.1, -0.05) is 0 Å². The van der Waals surface area contributed by atoms with E-state index in [9.17, 15) is 0 Å². The molecular formula is C7H7N3S. The summed E-state index contributed by atoms with van der Waals surface area (Å²) < 4.78 is 2.29. The van der Waals surface area contributed by atoms with Crippen LogP contribution in [0.1, 0.15) is 0 Å². The lowest BCUT2D eigenvalue weighted by molar-refractivity contribution is 0.985. The first kappa shape index (κ1) is 5.71. The van der Waals surface area contributed by atoms with Crippen LogP contribution in [0.25, 0.3) is 0 Å². The minimum Gasteiger partial charge on any atom is -0.365 e. The summed E-state index contributed by atoms with van der Waals surface area (Å²) >= 11 is 1.87. The lowest BCUT2D eigenvalue weighted by Gasteiger charge is -2.15. The molecule has 0 radical (unpaired) electrons. The molecule has 0 amide bonds. The molecule has 3 heterocycles. The van der Waals surface area contributed by atoms with Crippen LogP contribution in [0, 0.1) is 0 Å². The molecule has 2 aliphatic heterocycles. The third kappa shape index (κ3) is 0.728. The quantitative estimate of drug-likeness (QED) is 0.463. The van der Waals surface area contributed by atoms with Gasteiger partial charge in [0.2, 0.25) is 0 Å². The van der Waals surface area contributed by atoms with Gasteiger partial charge in [0.1, 0.15) is 5.37 Å². The molecule has 2 aliphatic rings. The van der Waals surface area contributed by atoms with Crippen LogP contribution in [0.3, 0.4) is 0 Å². The molecule has 11 heavy (non-hydrogen) atoms. The zero-order valence-electron chi connectivity index (χ0n) is 5.82. The zero-order chi connectivity index (χ0) is 7.26. The van der Waals surface area contributed by atoms with Crippen LogP contribution in [0.2, 0.25) is 0 Å². The monoisotopic (exact) mass is 165 g/mol. The van der Waals surface area contributed by atoms with Gasteiger partial charge in [0.25, 0.3) is 0 Å². The third-order valence-electron chi connectivity index (χ3n) is 1.92. The molecule has 0 aliphatic carbocycles. The maximum Gasteiger partial charge on any atom is 0.150 e. The topological polar surface area (TPSA) is 27.9 Å². The standard InChI is InChI=1S/C7H7N3S/c1-2-5-7(8-3-1)9-4-6-10(5)11-6/h1-3,6H,4H2,(H,8,9). The van der Waals surface area contributed by atoms with Crippen molar-refractivity contribution in [1.82, 2.24) is 4.98 Å². The second-order valence-electron chi connectivity index (χ2n) is 2.64. The van der Waals surface area contributed by atoms with Crippen molar-refractivity contribution in [3.8, 4) is 0 Å². The summed E-state index contributed by atoms with van der Waals surface area (Å²) in [4.78, 5) is 4.23. The Kier molecular flexibility index (Phi) is 0.946. The highest BCUT2D eigenvalue weighted by Crippen LogP contribution is 2.49. The van der Waals surface area contributed by atoms with Gasteiger partial charge in [0.15, 0.2) is 5.82 Å². The summed E-state index contributed by atoms with van der Waals surface area (Å²) in [6.45, 7) is 1.02. The van der Waals surface area contributed by atoms with Crippen molar-refractivity contribution >= 4 is 23.5 Å². The smallest absolute Gasteiger partial charge is 0.150 e. The van der Waals surface area contributed by atoms with E-state index >= 15 is 0 Å². The molecule has 1 aromatic rings. The largest absolute Gasteiger partial charge is 0.365 e. The first-order chi connectivity index (χ1) is 5.45. The van der Waals surface area contributed by atoms with Crippen LogP contribution in [-0.2, 0) is 0 Å². The van der Waals surface area contributed by atoms with E-state index < -0.39 is 0 Å². The maximum absolute atomic E-state index is 4.23. The molecule has 1 unspecified atom stereocenters. The molecular weight excluding hydrogens is 158 g/mol. The summed E-state index contributed by atoms with van der Waals surface area (Å²) in [5.41, 5.74) is 1.23. The highest BCUT2D eigenvalue weighted by Gasteiger charge is 2.41. The molecule has 4 heteroatoms. The SMILES string of the molecule is c1cnc2c(c1)N1SC1CN2. The molecule has 1 aromatic heterocycles. The van der Waals surface area contributed by atoms with Gasteiger partial charge >= 0.3 is 0 Å². The van der Waals surface area contributed by atoms with Crippen molar-refractivity contribution in [2.75, 3.05) is 16.2 Å². The van der Waals surface area contributed by atoms with Gasteiger partial charge in [0.05, 0.1) is 5.69 Å². The average Bonchev–Trinajstić information content (AvgIpc) is 2.83. The van der Waals surface area contributed by atoms with Gasteiger partial charge in [-0.2, -0.15) is 0 Å². The molecule has 0 bridgehead atoms. The molecule has 1 atom stereocenters. The van der Waals surface area contributed by atoms with Gasteiger partial charge in [0, 0.05) is 12.7 Å². The second-order valence-corrected chi connectivity index (χ2v) is 3.79. The summed E-state index contributed by atoms with van der Waals surface area (Å²) in [5.74, 6) is 1.02. The predicted molar refractivity (Wildman–Crippen MR) is 46.6 cm³/mol. The number of fused-ring (bicyclic) bond motifs is 3. The van der Waals surface area contributed by atoms with Crippen LogP contribution >= 0.6 is 11.9 Å². The number of rotatable bonds is 0. The highest BCUT2D eigenvalue weighted by molar-refractivity contribution is 8.08. The highest BCUT2D eigenvalue weighted by atomic mass is 32.2. The first-order valence-electron chi connectivity index (χ1n) is 3.60. The Hall–Kier alpha value is -0.900. The third-order valence-corrected chi connectivity index (χ3v) is 3.00. The van der Waals surface area contributed by atoms with E-state index in [1.807, 2.05) is 24.2 Å². The summed E-state index contributed by atoms with van der Waals surface area (Å²) in [6.07, 6.45) is 1.82. The van der Waals surface area contributed by atoms with Crippen molar-refractivity contribution < 1.29 is 0 Å². The van der Waals surface area contributed by atoms with Crippen LogP contribution in [0.5, 0.6) is 0 Å². The Labute approximate surface area is 68.9 Å². The van der Waals surface area contributed by atoms with Gasteiger partial charge in [-0.25, -0.2) is 4.98 Å². The van der Waals surface area contributed by atoms with Gasteiger partial charge < -0.3 is 5.32 Å². The molecule has 1 saturated heterocycles. The van der Waals surface area contributed by atoms with Crippen molar-refractivity contribution in [2.45, 2.75) is 5.37 Å². The van der Waals surface area contributed by atoms with Crippen LogP contribution in [0.15, 0.2) is 18.3 Å². The fourth-order valence-electron chi connectivity index (χ4n) is 1.33. The molecule has 1 N–H and O–H groups in total. The number of pyridine rings is 1. The van der Waals surface area contributed by atoms with Crippen LogP contribution in [-0.4, -0.2) is 16.9 Å². The van der Waals surface area contributed by atoms with Gasteiger partial charge in [-0.05, 0) is 24.1 Å². The fraction of sp³-hybridized carbons (Fsp3) is 0.286.